The van der Waals surface area contributed by atoms with Gasteiger partial charge in [-0.05, 0) is 35.6 Å². The number of aryl methyl sites for hydroxylation is 1. The third-order valence-corrected chi connectivity index (χ3v) is 4.50. The second-order valence-electron chi connectivity index (χ2n) is 4.46. The maximum Gasteiger partial charge on any atom is 0.224 e. The zero-order valence-electron chi connectivity index (χ0n) is 10.2. The number of thiophene rings is 1. The Morgan fingerprint density at radius 2 is 2.15 bits per heavy atom. The summed E-state index contributed by atoms with van der Waals surface area (Å²) >= 11 is 7.09. The van der Waals surface area contributed by atoms with Crippen LogP contribution in [0.4, 0.5) is 10.1 Å². The Balaban J connectivity index is 2.05. The van der Waals surface area contributed by atoms with Crippen LogP contribution in [0.5, 0.6) is 0 Å². The van der Waals surface area contributed by atoms with E-state index < -0.39 is 11.6 Å². The molecule has 0 aliphatic carbocycles. The van der Waals surface area contributed by atoms with E-state index in [9.17, 15) is 14.0 Å². The smallest absolute Gasteiger partial charge is 0.224 e. The molecular weight excluding hydrogens is 301 g/mol. The van der Waals surface area contributed by atoms with Crippen LogP contribution in [0.15, 0.2) is 23.6 Å². The SMILES string of the molecule is O=C1CCc2cc(C(=O)c3sccc3Cl)c(F)cc2N1. The van der Waals surface area contributed by atoms with Crippen molar-refractivity contribution in [2.45, 2.75) is 12.8 Å². The Kier molecular flexibility index (Phi) is 3.31. The second-order valence-corrected chi connectivity index (χ2v) is 5.79. The highest BCUT2D eigenvalue weighted by molar-refractivity contribution is 7.13. The Bertz CT molecular complexity index is 726. The molecule has 0 radical (unpaired) electrons. The van der Waals surface area contributed by atoms with Gasteiger partial charge in [0.15, 0.2) is 0 Å². The van der Waals surface area contributed by atoms with Crippen LogP contribution in [-0.2, 0) is 11.2 Å². The van der Waals surface area contributed by atoms with Crippen molar-refractivity contribution in [2.24, 2.45) is 0 Å². The molecule has 3 nitrogen and oxygen atoms in total. The maximum absolute atomic E-state index is 14.1. The van der Waals surface area contributed by atoms with Crippen LogP contribution in [0.3, 0.4) is 0 Å². The predicted molar refractivity (Wildman–Crippen MR) is 76.1 cm³/mol. The topological polar surface area (TPSA) is 46.2 Å². The number of amides is 1. The number of hydrogen-bond donors (Lipinski definition) is 1. The van der Waals surface area contributed by atoms with E-state index in [0.29, 0.717) is 28.4 Å². The summed E-state index contributed by atoms with van der Waals surface area (Å²) in [5.74, 6) is -1.22. The van der Waals surface area contributed by atoms with E-state index in [1.165, 1.54) is 23.5 Å². The molecule has 1 aliphatic heterocycles. The van der Waals surface area contributed by atoms with Crippen LogP contribution in [-0.4, -0.2) is 11.7 Å². The number of halogens is 2. The van der Waals surface area contributed by atoms with E-state index >= 15 is 0 Å². The molecule has 0 saturated carbocycles. The molecule has 102 valence electrons. The van der Waals surface area contributed by atoms with E-state index in [0.717, 1.165) is 5.56 Å². The molecule has 1 aliphatic rings. The average molecular weight is 310 g/mol. The molecule has 0 spiro atoms. The largest absolute Gasteiger partial charge is 0.326 e. The van der Waals surface area contributed by atoms with Gasteiger partial charge in [0, 0.05) is 12.1 Å². The lowest BCUT2D eigenvalue weighted by Gasteiger charge is -2.17. The van der Waals surface area contributed by atoms with Gasteiger partial charge in [-0.1, -0.05) is 11.6 Å². The third kappa shape index (κ3) is 2.23. The van der Waals surface area contributed by atoms with Crippen molar-refractivity contribution in [1.82, 2.24) is 0 Å². The lowest BCUT2D eigenvalue weighted by atomic mass is 9.98. The molecule has 1 aromatic carbocycles. The predicted octanol–water partition coefficient (Wildman–Crippen LogP) is 3.66. The van der Waals surface area contributed by atoms with Gasteiger partial charge in [-0.15, -0.1) is 11.3 Å². The van der Waals surface area contributed by atoms with Crippen LogP contribution >= 0.6 is 22.9 Å². The van der Waals surface area contributed by atoms with Crippen molar-refractivity contribution in [2.75, 3.05) is 5.32 Å². The zero-order valence-corrected chi connectivity index (χ0v) is 11.8. The van der Waals surface area contributed by atoms with Gasteiger partial charge in [-0.3, -0.25) is 9.59 Å². The second kappa shape index (κ2) is 5.00. The quantitative estimate of drug-likeness (QED) is 0.861. The number of anilines is 1. The Hall–Kier alpha value is -1.72. The zero-order chi connectivity index (χ0) is 14.3. The van der Waals surface area contributed by atoms with E-state index in [1.807, 2.05) is 0 Å². The molecule has 2 heterocycles. The van der Waals surface area contributed by atoms with E-state index in [4.69, 9.17) is 11.6 Å². The molecule has 0 fully saturated rings. The van der Waals surface area contributed by atoms with Gasteiger partial charge in [0.1, 0.15) is 5.82 Å². The van der Waals surface area contributed by atoms with Gasteiger partial charge in [-0.25, -0.2) is 4.39 Å². The van der Waals surface area contributed by atoms with E-state index in [1.54, 1.807) is 11.4 Å². The van der Waals surface area contributed by atoms with Crippen molar-refractivity contribution < 1.29 is 14.0 Å². The number of ketones is 1. The third-order valence-electron chi connectivity index (χ3n) is 3.16. The van der Waals surface area contributed by atoms with Crippen LogP contribution < -0.4 is 5.32 Å². The fourth-order valence-electron chi connectivity index (χ4n) is 2.15. The molecule has 1 amide bonds. The summed E-state index contributed by atoms with van der Waals surface area (Å²) in [5, 5.41) is 4.61. The molecule has 0 bridgehead atoms. The molecule has 0 atom stereocenters. The summed E-state index contributed by atoms with van der Waals surface area (Å²) in [6, 6.07) is 4.31. The minimum absolute atomic E-state index is 0.00995. The molecule has 20 heavy (non-hydrogen) atoms. The van der Waals surface area contributed by atoms with Gasteiger partial charge < -0.3 is 5.32 Å². The summed E-state index contributed by atoms with van der Waals surface area (Å²) in [7, 11) is 0. The van der Waals surface area contributed by atoms with Gasteiger partial charge in [0.25, 0.3) is 0 Å². The van der Waals surface area contributed by atoms with Crippen molar-refractivity contribution in [3.63, 3.8) is 0 Å². The highest BCUT2D eigenvalue weighted by Crippen LogP contribution is 2.30. The van der Waals surface area contributed by atoms with Gasteiger partial charge in [-0.2, -0.15) is 0 Å². The number of hydrogen-bond acceptors (Lipinski definition) is 3. The van der Waals surface area contributed by atoms with Gasteiger partial charge in [0.05, 0.1) is 15.5 Å². The number of benzene rings is 1. The first-order chi connectivity index (χ1) is 9.56. The first-order valence-corrected chi connectivity index (χ1v) is 7.22. The summed E-state index contributed by atoms with van der Waals surface area (Å²) in [4.78, 5) is 23.9. The molecule has 1 aromatic heterocycles. The molecule has 0 unspecified atom stereocenters. The summed E-state index contributed by atoms with van der Waals surface area (Å²) in [6.07, 6.45) is 0.839. The Morgan fingerprint density at radius 1 is 1.35 bits per heavy atom. The summed E-state index contributed by atoms with van der Waals surface area (Å²) in [5.41, 5.74) is 1.19. The van der Waals surface area contributed by atoms with Crippen LogP contribution in [0.2, 0.25) is 5.02 Å². The number of carbonyl (C=O) groups is 2. The normalized spacial score (nSPS) is 13.8. The monoisotopic (exact) mass is 309 g/mol. The number of rotatable bonds is 2. The van der Waals surface area contributed by atoms with E-state index in [-0.39, 0.29) is 11.5 Å². The molecule has 0 saturated heterocycles. The minimum atomic E-state index is -0.652. The molecule has 1 N–H and O–H groups in total. The van der Waals surface area contributed by atoms with Crippen LogP contribution in [0.1, 0.15) is 27.2 Å². The first kappa shape index (κ1) is 13.3. The Morgan fingerprint density at radius 3 is 2.85 bits per heavy atom. The lowest BCUT2D eigenvalue weighted by molar-refractivity contribution is -0.116. The van der Waals surface area contributed by atoms with Crippen LogP contribution in [0.25, 0.3) is 0 Å². The van der Waals surface area contributed by atoms with Crippen molar-refractivity contribution in [1.29, 1.82) is 0 Å². The molecule has 2 aromatic rings. The summed E-state index contributed by atoms with van der Waals surface area (Å²) in [6.45, 7) is 0. The highest BCUT2D eigenvalue weighted by atomic mass is 35.5. The lowest BCUT2D eigenvalue weighted by Crippen LogP contribution is -2.20. The molecule has 6 heteroatoms. The Labute approximate surface area is 123 Å². The number of fused-ring (bicyclic) bond motifs is 1. The first-order valence-electron chi connectivity index (χ1n) is 5.96. The number of nitrogens with one attached hydrogen (secondary N) is 1. The van der Waals surface area contributed by atoms with E-state index in [2.05, 4.69) is 5.32 Å². The highest BCUT2D eigenvalue weighted by Gasteiger charge is 2.23. The van der Waals surface area contributed by atoms with Crippen molar-refractivity contribution in [3.8, 4) is 0 Å². The molecule has 3 rings (SSSR count). The average Bonchev–Trinajstić information content (AvgIpc) is 2.83. The minimum Gasteiger partial charge on any atom is -0.326 e. The maximum atomic E-state index is 14.1. The fraction of sp³-hybridized carbons (Fsp3) is 0.143. The van der Waals surface area contributed by atoms with Crippen molar-refractivity contribution in [3.05, 3.63) is 50.4 Å². The molecular formula is C14H9ClFNO2S. The van der Waals surface area contributed by atoms with Crippen LogP contribution in [0, 0.1) is 5.82 Å². The number of carbonyl (C=O) groups excluding carboxylic acids is 2. The standard InChI is InChI=1S/C14H9ClFNO2S/c15-9-3-4-20-14(9)13(19)8-5-7-1-2-12(18)17-11(7)6-10(8)16/h3-6H,1-2H2,(H,17,18). The van der Waals surface area contributed by atoms with Crippen molar-refractivity contribution >= 4 is 40.3 Å². The summed E-state index contributed by atoms with van der Waals surface area (Å²) < 4.78 is 14.1. The van der Waals surface area contributed by atoms with Gasteiger partial charge >= 0.3 is 0 Å². The van der Waals surface area contributed by atoms with Gasteiger partial charge in [0.2, 0.25) is 11.7 Å². The fourth-order valence-corrected chi connectivity index (χ4v) is 3.25.